The maximum Gasteiger partial charge on any atom is 0.267 e. The number of likely N-dealkylation sites (tertiary alicyclic amines) is 1. The van der Waals surface area contributed by atoms with Gasteiger partial charge >= 0.3 is 0 Å². The Balaban J connectivity index is 0.000000859. The van der Waals surface area contributed by atoms with Gasteiger partial charge in [-0.05, 0) is 85.0 Å². The number of nitrogens with one attached hydrogen (secondary N) is 2. The second-order valence-electron chi connectivity index (χ2n) is 16.9. The Morgan fingerprint density at radius 1 is 0.806 bits per heavy atom. The van der Waals surface area contributed by atoms with Crippen LogP contribution in [0.1, 0.15) is 82.3 Å². The van der Waals surface area contributed by atoms with E-state index in [0.29, 0.717) is 43.9 Å². The molecule has 1 saturated heterocycles. The molecule has 1 aliphatic rings. The molecule has 350 valence electrons. The van der Waals surface area contributed by atoms with E-state index in [9.17, 15) is 9.59 Å². The number of hydrogen-bond donors (Lipinski definition) is 2. The maximum atomic E-state index is 15.3. The third-order valence-electron chi connectivity index (χ3n) is 12.5. The quantitative estimate of drug-likeness (QED) is 0.0936. The molecule has 0 saturated carbocycles. The van der Waals surface area contributed by atoms with Crippen molar-refractivity contribution in [2.45, 2.75) is 78.4 Å². The van der Waals surface area contributed by atoms with Gasteiger partial charge in [0.05, 0.1) is 48.5 Å². The minimum atomic E-state index is -3.05. The van der Waals surface area contributed by atoms with E-state index in [1.54, 1.807) is 0 Å². The molecule has 1 aliphatic heterocycles. The van der Waals surface area contributed by atoms with E-state index in [4.69, 9.17) is 4.98 Å². The molecule has 0 spiro atoms. The maximum absolute atomic E-state index is 15.3. The average molecular weight is 907 g/mol. The number of nitrogens with zero attached hydrogens (tertiary/aromatic N) is 6. The van der Waals surface area contributed by atoms with Crippen molar-refractivity contribution < 1.29 is 18.4 Å². The number of alkyl halides is 2. The summed E-state index contributed by atoms with van der Waals surface area (Å²) in [7, 11) is 2.11. The molecule has 1 fully saturated rings. The number of fused-ring (bicyclic) bond motifs is 3. The third-order valence-corrected chi connectivity index (χ3v) is 12.5. The molecule has 0 unspecified atom stereocenters. The molecule has 5 aromatic carbocycles. The topological polar surface area (TPSA) is 104 Å². The molecule has 7 aromatic rings. The van der Waals surface area contributed by atoms with Crippen molar-refractivity contribution in [3.05, 3.63) is 144 Å². The van der Waals surface area contributed by atoms with Crippen LogP contribution in [0.5, 0.6) is 0 Å². The molecule has 67 heavy (non-hydrogen) atoms. The summed E-state index contributed by atoms with van der Waals surface area (Å²) in [6.45, 7) is 14.3. The van der Waals surface area contributed by atoms with Gasteiger partial charge in [-0.2, -0.15) is 0 Å². The van der Waals surface area contributed by atoms with E-state index in [1.165, 1.54) is 4.90 Å². The lowest BCUT2D eigenvalue weighted by atomic mass is 9.99. The Bertz CT molecular complexity index is 2690. The highest BCUT2D eigenvalue weighted by Gasteiger charge is 2.50. The zero-order valence-corrected chi connectivity index (χ0v) is 39.7. The number of H-pyrrole nitrogens is 2. The molecule has 2 N–H and O–H groups in total. The molecule has 0 bridgehead atoms. The van der Waals surface area contributed by atoms with Crippen molar-refractivity contribution in [1.82, 2.24) is 39.5 Å². The summed E-state index contributed by atoms with van der Waals surface area (Å²) >= 11 is 0. The number of amides is 2. The fourth-order valence-electron chi connectivity index (χ4n) is 8.62. The van der Waals surface area contributed by atoms with Crippen LogP contribution in [0, 0.1) is 12.8 Å². The van der Waals surface area contributed by atoms with Crippen molar-refractivity contribution >= 4 is 33.6 Å². The Morgan fingerprint density at radius 2 is 1.45 bits per heavy atom. The number of carbonyl (C=O) groups excluding carboxylic acids is 2. The number of likely N-dealkylation sites (N-methyl/N-ethyl adjacent to an activating group) is 1. The van der Waals surface area contributed by atoms with Crippen LogP contribution in [0.15, 0.2) is 121 Å². The SMILES string of the molecule is C#C.CCCN(Cc1ncc(-c2ccc(-c3ccc4c(ccc5[nH]c([C@@H]6CC(F)(F)CN6C(=O)[C@@H](c6ccccc6)N(CC)CC)nc54)c3)cc2)[nH]1)C(=O)Cc1ccccc1.CCN(C)CC. The summed E-state index contributed by atoms with van der Waals surface area (Å²) in [5.41, 5.74) is 7.09. The van der Waals surface area contributed by atoms with Crippen molar-refractivity contribution in [2.24, 2.45) is 0 Å². The molecule has 10 nitrogen and oxygen atoms in total. The standard InChI is InChI=1S/C48H49F2N7O2.C5H13N.C2H2/c1-4-25-56(43(58)26-32-13-9-7-10-14-32)30-42-51-29-40(52-42)34-19-17-33(18-20-34)36-21-23-38-37(27-36)22-24-39-44(38)54-46(53-39)41-28-48(49,50)31-57(41)47(59)45(55(5-2)6-3)35-15-11-8-12-16-35;1-4-6(3)5-2;1-2/h7-24,27,29,41,45H,4-6,25-26,28,30-31H2,1-3H3,(H,51,52)(H,53,54);4-5H2,1-3H3;1-2H/t41-,45+;;/m0../s1. The van der Waals surface area contributed by atoms with E-state index in [0.717, 1.165) is 75.1 Å². The number of hydrogen-bond acceptors (Lipinski definition) is 6. The van der Waals surface area contributed by atoms with Gasteiger partial charge in [-0.25, -0.2) is 18.7 Å². The molecule has 3 heterocycles. The average Bonchev–Trinajstić information content (AvgIpc) is 4.11. The van der Waals surface area contributed by atoms with Gasteiger partial charge in [0.25, 0.3) is 5.92 Å². The lowest BCUT2D eigenvalue weighted by Gasteiger charge is -2.34. The Morgan fingerprint density at radius 3 is 2.07 bits per heavy atom. The Hall–Kier alpha value is -6.68. The summed E-state index contributed by atoms with van der Waals surface area (Å²) in [6.07, 6.45) is 10.5. The number of rotatable bonds is 16. The van der Waals surface area contributed by atoms with Gasteiger partial charge in [-0.3, -0.25) is 14.5 Å². The zero-order chi connectivity index (χ0) is 48.1. The molecule has 2 atom stereocenters. The first kappa shape index (κ1) is 49.7. The summed E-state index contributed by atoms with van der Waals surface area (Å²) in [4.78, 5) is 51.2. The highest BCUT2D eigenvalue weighted by molar-refractivity contribution is 6.05. The Kier molecular flexibility index (Phi) is 17.2. The van der Waals surface area contributed by atoms with Gasteiger partial charge in [0.2, 0.25) is 11.8 Å². The number of imidazole rings is 2. The number of aromatic nitrogens is 4. The fraction of sp³-hybridized carbons (Fsp3) is 0.345. The zero-order valence-electron chi connectivity index (χ0n) is 39.7. The summed E-state index contributed by atoms with van der Waals surface area (Å²) in [5.74, 6) is -2.22. The van der Waals surface area contributed by atoms with Crippen molar-refractivity contribution in [3.63, 3.8) is 0 Å². The smallest absolute Gasteiger partial charge is 0.267 e. The highest BCUT2D eigenvalue weighted by Crippen LogP contribution is 2.43. The van der Waals surface area contributed by atoms with Gasteiger partial charge in [-0.1, -0.05) is 138 Å². The predicted molar refractivity (Wildman–Crippen MR) is 267 cm³/mol. The minimum absolute atomic E-state index is 0.0735. The van der Waals surface area contributed by atoms with Crippen molar-refractivity contribution in [1.29, 1.82) is 0 Å². The Labute approximate surface area is 394 Å². The van der Waals surface area contributed by atoms with Gasteiger partial charge in [-0.15, -0.1) is 12.8 Å². The summed E-state index contributed by atoms with van der Waals surface area (Å²) in [6, 6.07) is 36.0. The molecular formula is C55H64F2N8O2. The van der Waals surface area contributed by atoms with E-state index < -0.39 is 31.0 Å². The van der Waals surface area contributed by atoms with E-state index >= 15 is 8.78 Å². The van der Waals surface area contributed by atoms with Gasteiger partial charge in [0.1, 0.15) is 17.7 Å². The molecule has 0 radical (unpaired) electrons. The third kappa shape index (κ3) is 12.0. The second-order valence-corrected chi connectivity index (χ2v) is 16.9. The van der Waals surface area contributed by atoms with Gasteiger partial charge < -0.3 is 24.7 Å². The fourth-order valence-corrected chi connectivity index (χ4v) is 8.62. The predicted octanol–water partition coefficient (Wildman–Crippen LogP) is 11.0. The highest BCUT2D eigenvalue weighted by atomic mass is 19.3. The lowest BCUT2D eigenvalue weighted by molar-refractivity contribution is -0.139. The monoisotopic (exact) mass is 907 g/mol. The summed E-state index contributed by atoms with van der Waals surface area (Å²) in [5, 5.41) is 1.85. The first-order valence-electron chi connectivity index (χ1n) is 23.3. The molecular weight excluding hydrogens is 843 g/mol. The first-order chi connectivity index (χ1) is 32.4. The first-order valence-corrected chi connectivity index (χ1v) is 23.3. The van der Waals surface area contributed by atoms with Crippen LogP contribution in [0.25, 0.3) is 44.2 Å². The number of aromatic amines is 2. The minimum Gasteiger partial charge on any atom is -0.341 e. The molecule has 2 aromatic heterocycles. The van der Waals surface area contributed by atoms with Crippen LogP contribution in [0.2, 0.25) is 0 Å². The molecule has 0 aliphatic carbocycles. The van der Waals surface area contributed by atoms with Crippen LogP contribution in [-0.2, 0) is 22.6 Å². The van der Waals surface area contributed by atoms with Crippen molar-refractivity contribution in [2.75, 3.05) is 46.3 Å². The molecule has 12 heteroatoms. The van der Waals surface area contributed by atoms with E-state index in [2.05, 4.69) is 90.8 Å². The number of halogens is 2. The van der Waals surface area contributed by atoms with Crippen LogP contribution < -0.4 is 0 Å². The second kappa shape index (κ2) is 23.2. The number of benzene rings is 5. The van der Waals surface area contributed by atoms with Gasteiger partial charge in [0.15, 0.2) is 0 Å². The van der Waals surface area contributed by atoms with E-state index in [1.807, 2.05) is 115 Å². The molecule has 8 rings (SSSR count). The largest absolute Gasteiger partial charge is 0.341 e. The summed E-state index contributed by atoms with van der Waals surface area (Å²) < 4.78 is 30.5. The normalized spacial score (nSPS) is 14.7. The van der Waals surface area contributed by atoms with Crippen LogP contribution in [0.3, 0.4) is 0 Å². The number of carbonyl (C=O) groups is 2. The van der Waals surface area contributed by atoms with E-state index in [-0.39, 0.29) is 11.8 Å². The van der Waals surface area contributed by atoms with Crippen LogP contribution >= 0.6 is 0 Å². The number of terminal acetylenes is 1. The van der Waals surface area contributed by atoms with Crippen LogP contribution in [-0.4, -0.2) is 104 Å². The van der Waals surface area contributed by atoms with Gasteiger partial charge in [0, 0.05) is 18.4 Å². The van der Waals surface area contributed by atoms with Crippen LogP contribution in [0.4, 0.5) is 8.78 Å². The van der Waals surface area contributed by atoms with Crippen molar-refractivity contribution in [3.8, 4) is 35.2 Å². The molecule has 2 amide bonds. The lowest BCUT2D eigenvalue weighted by Crippen LogP contribution is -2.43.